The molecule has 1 aromatic heterocycles. The average molecular weight is 612 g/mol. The van der Waals surface area contributed by atoms with Gasteiger partial charge in [0.15, 0.2) is 0 Å². The zero-order chi connectivity index (χ0) is 28.9. The third-order valence-corrected chi connectivity index (χ3v) is 7.36. The number of halogens is 1. The molecule has 1 heterocycles. The van der Waals surface area contributed by atoms with Crippen LogP contribution in [0.1, 0.15) is 55.5 Å². The number of urea groups is 1. The fraction of sp³-hybridized carbons (Fsp3) is 0.438. The lowest BCUT2D eigenvalue weighted by atomic mass is 10.1. The van der Waals surface area contributed by atoms with Crippen LogP contribution in [0.3, 0.4) is 0 Å². The van der Waals surface area contributed by atoms with Gasteiger partial charge in [0.2, 0.25) is 5.91 Å². The number of ether oxygens (including phenoxy) is 1. The Morgan fingerprint density at radius 2 is 1.73 bits per heavy atom. The number of amides is 3. The third-order valence-electron chi connectivity index (χ3n) is 6.83. The zero-order valence-corrected chi connectivity index (χ0v) is 25.9. The molecule has 3 rings (SSSR count). The molecule has 3 amide bonds. The smallest absolute Gasteiger partial charge is 0.322 e. The number of anilines is 1. The van der Waals surface area contributed by atoms with E-state index in [-0.39, 0.29) is 18.5 Å². The molecule has 0 unspecified atom stereocenters. The van der Waals surface area contributed by atoms with Crippen LogP contribution >= 0.6 is 15.9 Å². The normalized spacial score (nSPS) is 10.9. The minimum absolute atomic E-state index is 0.0139. The van der Waals surface area contributed by atoms with E-state index >= 15 is 0 Å². The monoisotopic (exact) mass is 610 g/mol. The maximum absolute atomic E-state index is 13.7. The fourth-order valence-corrected chi connectivity index (χ4v) is 4.80. The van der Waals surface area contributed by atoms with E-state index < -0.39 is 0 Å². The summed E-state index contributed by atoms with van der Waals surface area (Å²) in [5.74, 6) is -0.0583. The molecule has 7 nitrogen and oxygen atoms in total. The van der Waals surface area contributed by atoms with E-state index in [1.807, 2.05) is 62.1 Å². The lowest BCUT2D eigenvalue weighted by Crippen LogP contribution is -2.45. The zero-order valence-electron chi connectivity index (χ0n) is 24.3. The summed E-state index contributed by atoms with van der Waals surface area (Å²) in [5.41, 5.74) is 5.14. The van der Waals surface area contributed by atoms with E-state index in [1.165, 1.54) is 5.56 Å². The van der Waals surface area contributed by atoms with Crippen molar-refractivity contribution >= 4 is 33.6 Å². The van der Waals surface area contributed by atoms with Gasteiger partial charge in [0, 0.05) is 54.9 Å². The Hall–Kier alpha value is -3.10. The Balaban J connectivity index is 1.74. The number of carbonyl (C=O) groups excluding carboxylic acids is 2. The number of benzene rings is 2. The van der Waals surface area contributed by atoms with E-state index in [0.29, 0.717) is 39.3 Å². The molecule has 2 aromatic carbocycles. The first-order chi connectivity index (χ1) is 19.3. The van der Waals surface area contributed by atoms with Crippen molar-refractivity contribution < 1.29 is 14.3 Å². The Labute approximate surface area is 247 Å². The molecule has 0 aliphatic carbocycles. The molecule has 0 aliphatic rings. The van der Waals surface area contributed by atoms with Crippen LogP contribution in [0.4, 0.5) is 10.5 Å². The van der Waals surface area contributed by atoms with Gasteiger partial charge < -0.3 is 24.4 Å². The summed E-state index contributed by atoms with van der Waals surface area (Å²) in [7, 11) is 0. The van der Waals surface area contributed by atoms with Crippen LogP contribution in [0.25, 0.3) is 0 Å². The number of hydrogen-bond acceptors (Lipinski definition) is 3. The highest BCUT2D eigenvalue weighted by Gasteiger charge is 2.22. The first-order valence-electron chi connectivity index (χ1n) is 14.2. The fourth-order valence-electron chi connectivity index (χ4n) is 4.54. The molecule has 0 atom stereocenters. The molecule has 0 saturated carbocycles. The molecule has 3 aromatic rings. The van der Waals surface area contributed by atoms with E-state index in [0.717, 1.165) is 46.4 Å². The van der Waals surface area contributed by atoms with Crippen LogP contribution in [-0.2, 0) is 22.6 Å². The number of aryl methyl sites for hydroxylation is 2. The van der Waals surface area contributed by atoms with Gasteiger partial charge in [0.1, 0.15) is 6.54 Å². The maximum Gasteiger partial charge on any atom is 0.322 e. The first kappa shape index (κ1) is 31.4. The van der Waals surface area contributed by atoms with Crippen molar-refractivity contribution in [2.24, 2.45) is 0 Å². The summed E-state index contributed by atoms with van der Waals surface area (Å²) >= 11 is 3.50. The van der Waals surface area contributed by atoms with E-state index in [4.69, 9.17) is 4.74 Å². The minimum atomic E-state index is -0.272. The van der Waals surface area contributed by atoms with Gasteiger partial charge in [0.05, 0.1) is 6.54 Å². The van der Waals surface area contributed by atoms with Crippen molar-refractivity contribution in [2.75, 3.05) is 38.2 Å². The summed E-state index contributed by atoms with van der Waals surface area (Å²) in [6.45, 7) is 11.6. The number of carbonyl (C=O) groups is 2. The molecule has 0 radical (unpaired) electrons. The second-order valence-corrected chi connectivity index (χ2v) is 11.1. The van der Waals surface area contributed by atoms with E-state index in [2.05, 4.69) is 57.1 Å². The molecule has 0 aliphatic heterocycles. The topological polar surface area (TPSA) is 66.8 Å². The summed E-state index contributed by atoms with van der Waals surface area (Å²) in [5, 5.41) is 3.02. The highest BCUT2D eigenvalue weighted by atomic mass is 79.9. The molecule has 40 heavy (non-hydrogen) atoms. The van der Waals surface area contributed by atoms with Gasteiger partial charge in [-0.25, -0.2) is 4.79 Å². The molecule has 1 N–H and O–H groups in total. The Bertz CT molecular complexity index is 1230. The van der Waals surface area contributed by atoms with Crippen LogP contribution in [0, 0.1) is 13.8 Å². The minimum Gasteiger partial charge on any atom is -0.382 e. The SMILES string of the molecule is CCCCN(Cc1cccn1Cc1ccc(Br)cc1)C(=O)CN(CCCOCC)C(=O)Nc1ccc(C)cc1C. The van der Waals surface area contributed by atoms with Gasteiger partial charge in [-0.1, -0.05) is 59.1 Å². The maximum atomic E-state index is 13.7. The number of nitrogens with zero attached hydrogens (tertiary/aromatic N) is 3. The largest absolute Gasteiger partial charge is 0.382 e. The Morgan fingerprint density at radius 3 is 2.42 bits per heavy atom. The van der Waals surface area contributed by atoms with Gasteiger partial charge in [0.25, 0.3) is 0 Å². The average Bonchev–Trinajstić information content (AvgIpc) is 3.37. The summed E-state index contributed by atoms with van der Waals surface area (Å²) in [6.07, 6.45) is 4.59. The molecule has 0 saturated heterocycles. The highest BCUT2D eigenvalue weighted by molar-refractivity contribution is 9.10. The van der Waals surface area contributed by atoms with Crippen LogP contribution in [0.15, 0.2) is 65.3 Å². The summed E-state index contributed by atoms with van der Waals surface area (Å²) in [4.78, 5) is 30.6. The van der Waals surface area contributed by atoms with Gasteiger partial charge in [-0.05, 0) is 75.1 Å². The first-order valence-corrected chi connectivity index (χ1v) is 15.0. The molecule has 216 valence electrons. The van der Waals surface area contributed by atoms with Gasteiger partial charge in [-0.15, -0.1) is 0 Å². The molecular formula is C32H43BrN4O3. The predicted octanol–water partition coefficient (Wildman–Crippen LogP) is 7.01. The highest BCUT2D eigenvalue weighted by Crippen LogP contribution is 2.18. The second kappa shape index (κ2) is 16.2. The van der Waals surface area contributed by atoms with Crippen LogP contribution in [0.5, 0.6) is 0 Å². The quantitative estimate of drug-likeness (QED) is 0.188. The van der Waals surface area contributed by atoms with Crippen LogP contribution in [-0.4, -0.2) is 59.2 Å². The Kier molecular flexibility index (Phi) is 12.8. The molecule has 0 spiro atoms. The third kappa shape index (κ3) is 9.82. The van der Waals surface area contributed by atoms with Crippen molar-refractivity contribution in [3.8, 4) is 0 Å². The number of rotatable bonds is 15. The number of hydrogen-bond donors (Lipinski definition) is 1. The number of nitrogens with one attached hydrogen (secondary N) is 1. The molecule has 0 bridgehead atoms. The van der Waals surface area contributed by atoms with Gasteiger partial charge in [-0.2, -0.15) is 0 Å². The van der Waals surface area contributed by atoms with Crippen molar-refractivity contribution in [2.45, 2.75) is 60.0 Å². The number of unbranched alkanes of at least 4 members (excludes halogenated alkanes) is 1. The number of aromatic nitrogens is 1. The molecule has 8 heteroatoms. The lowest BCUT2D eigenvalue weighted by molar-refractivity contribution is -0.132. The van der Waals surface area contributed by atoms with Gasteiger partial charge in [-0.3, -0.25) is 4.79 Å². The van der Waals surface area contributed by atoms with Gasteiger partial charge >= 0.3 is 6.03 Å². The second-order valence-electron chi connectivity index (χ2n) is 10.1. The predicted molar refractivity (Wildman–Crippen MR) is 166 cm³/mol. The van der Waals surface area contributed by atoms with E-state index in [9.17, 15) is 9.59 Å². The lowest BCUT2D eigenvalue weighted by Gasteiger charge is -2.28. The Morgan fingerprint density at radius 1 is 0.975 bits per heavy atom. The summed E-state index contributed by atoms with van der Waals surface area (Å²) < 4.78 is 8.73. The van der Waals surface area contributed by atoms with Crippen molar-refractivity contribution in [3.63, 3.8) is 0 Å². The summed E-state index contributed by atoms with van der Waals surface area (Å²) in [6, 6.07) is 18.0. The van der Waals surface area contributed by atoms with E-state index in [1.54, 1.807) is 4.90 Å². The molecule has 0 fully saturated rings. The standard InChI is InChI=1S/C32H43BrN4O3/c1-5-7-17-36(23-29-10-8-18-35(29)22-27-12-14-28(33)15-13-27)31(38)24-37(19-9-20-40-6-2)32(39)34-30-16-11-25(3)21-26(30)4/h8,10-16,18,21H,5-7,9,17,19-20,22-24H2,1-4H3,(H,34,39). The van der Waals surface area contributed by atoms with Crippen molar-refractivity contribution in [1.29, 1.82) is 0 Å². The molecular weight excluding hydrogens is 568 g/mol. The van der Waals surface area contributed by atoms with Crippen LogP contribution < -0.4 is 5.32 Å². The van der Waals surface area contributed by atoms with Crippen LogP contribution in [0.2, 0.25) is 0 Å². The van der Waals surface area contributed by atoms with Crippen molar-refractivity contribution in [1.82, 2.24) is 14.4 Å². The van der Waals surface area contributed by atoms with Crippen molar-refractivity contribution in [3.05, 3.63) is 87.7 Å².